The summed E-state index contributed by atoms with van der Waals surface area (Å²) in [7, 11) is 0. The zero-order chi connectivity index (χ0) is 23.4. The molecule has 1 aromatic heterocycles. The fourth-order valence-electron chi connectivity index (χ4n) is 3.52. The average Bonchev–Trinajstić information content (AvgIpc) is 3.53. The van der Waals surface area contributed by atoms with Gasteiger partial charge < -0.3 is 10.6 Å². The maximum atomic E-state index is 13.1. The number of nitrogens with zero attached hydrogens (tertiary/aromatic N) is 1. The Labute approximate surface area is 197 Å². The number of allylic oxidation sites excluding steroid dienone is 4. The van der Waals surface area contributed by atoms with E-state index in [-0.39, 0.29) is 11.5 Å². The van der Waals surface area contributed by atoms with E-state index in [1.807, 2.05) is 0 Å². The number of amides is 2. The fourth-order valence-corrected chi connectivity index (χ4v) is 4.47. The molecule has 4 rings (SSSR count). The van der Waals surface area contributed by atoms with E-state index in [1.165, 1.54) is 48.4 Å². The van der Waals surface area contributed by atoms with E-state index in [0.29, 0.717) is 11.7 Å². The van der Waals surface area contributed by atoms with Crippen molar-refractivity contribution in [1.29, 1.82) is 0 Å². The second-order valence-electron chi connectivity index (χ2n) is 9.04. The second kappa shape index (κ2) is 9.97. The van der Waals surface area contributed by atoms with Crippen molar-refractivity contribution in [3.63, 3.8) is 0 Å². The Hall–Kier alpha value is -2.84. The Morgan fingerprint density at radius 1 is 1.18 bits per heavy atom. The third-order valence-corrected chi connectivity index (χ3v) is 6.67. The monoisotopic (exact) mass is 468 g/mol. The minimum absolute atomic E-state index is 0.286. The number of carbonyl (C=O) groups is 2. The second-order valence-corrected chi connectivity index (χ2v) is 10.1. The van der Waals surface area contributed by atoms with E-state index < -0.39 is 17.3 Å². The van der Waals surface area contributed by atoms with Crippen LogP contribution in [0.3, 0.4) is 0 Å². The summed E-state index contributed by atoms with van der Waals surface area (Å²) in [6.07, 6.45) is 11.0. The van der Waals surface area contributed by atoms with Crippen molar-refractivity contribution in [2.24, 2.45) is 5.92 Å². The zero-order valence-electron chi connectivity index (χ0n) is 18.9. The number of anilines is 1. The van der Waals surface area contributed by atoms with Gasteiger partial charge in [-0.25, -0.2) is 9.37 Å². The van der Waals surface area contributed by atoms with E-state index in [0.717, 1.165) is 41.4 Å². The zero-order valence-corrected chi connectivity index (χ0v) is 19.7. The van der Waals surface area contributed by atoms with Crippen LogP contribution < -0.4 is 16.0 Å². The molecule has 0 unspecified atom stereocenters. The first-order chi connectivity index (χ1) is 15.8. The fraction of sp³-hybridized carbons (Fsp3) is 0.400. The molecule has 174 valence electrons. The van der Waals surface area contributed by atoms with Crippen LogP contribution in [0.15, 0.2) is 42.5 Å². The first-order valence-electron chi connectivity index (χ1n) is 11.3. The Kier molecular flexibility index (Phi) is 7.05. The standard InChI is InChI=1S/C25H29FN4O2S/c1-25(2,30-22(31)18-10-12-19(26)13-11-18)23(32)29-24-28-21(17-6-4-3-5-7-17)20(33-24)15-27-14-16-8-9-16/h4,6-7,10-13,16,27H,3,5,8-9,14-15H2,1-2H3,(H,30,31)(H,28,29,32). The number of halogens is 1. The van der Waals surface area contributed by atoms with Crippen molar-refractivity contribution >= 4 is 33.9 Å². The summed E-state index contributed by atoms with van der Waals surface area (Å²) in [6.45, 7) is 4.96. The summed E-state index contributed by atoms with van der Waals surface area (Å²) in [5, 5.41) is 9.61. The predicted molar refractivity (Wildman–Crippen MR) is 129 cm³/mol. The molecule has 0 bridgehead atoms. The van der Waals surface area contributed by atoms with Gasteiger partial charge in [-0.2, -0.15) is 0 Å². The molecule has 0 atom stereocenters. The smallest absolute Gasteiger partial charge is 0.252 e. The molecular formula is C25H29FN4O2S. The molecule has 0 aliphatic heterocycles. The Morgan fingerprint density at radius 3 is 2.61 bits per heavy atom. The minimum Gasteiger partial charge on any atom is -0.338 e. The summed E-state index contributed by atoms with van der Waals surface area (Å²) >= 11 is 1.45. The first kappa shape index (κ1) is 23.3. The molecule has 1 heterocycles. The Bertz CT molecular complexity index is 1080. The summed E-state index contributed by atoms with van der Waals surface area (Å²) in [5.41, 5.74) is 1.06. The number of hydrogen-bond acceptors (Lipinski definition) is 5. The molecule has 1 saturated carbocycles. The highest BCUT2D eigenvalue weighted by Crippen LogP contribution is 2.32. The quantitative estimate of drug-likeness (QED) is 0.500. The van der Waals surface area contributed by atoms with Gasteiger partial charge in [0.2, 0.25) is 0 Å². The molecule has 8 heteroatoms. The van der Waals surface area contributed by atoms with Crippen LogP contribution in [-0.2, 0) is 11.3 Å². The van der Waals surface area contributed by atoms with E-state index in [9.17, 15) is 14.0 Å². The Balaban J connectivity index is 1.45. The highest BCUT2D eigenvalue weighted by Gasteiger charge is 2.31. The molecule has 6 nitrogen and oxygen atoms in total. The molecule has 3 N–H and O–H groups in total. The largest absolute Gasteiger partial charge is 0.338 e. The maximum absolute atomic E-state index is 13.1. The lowest BCUT2D eigenvalue weighted by molar-refractivity contribution is -0.120. The lowest BCUT2D eigenvalue weighted by Gasteiger charge is -2.24. The van der Waals surface area contributed by atoms with Crippen LogP contribution >= 0.6 is 11.3 Å². The first-order valence-corrected chi connectivity index (χ1v) is 12.1. The molecule has 2 aromatic rings. The molecule has 2 amide bonds. The van der Waals surface area contributed by atoms with E-state index in [2.05, 4.69) is 34.2 Å². The molecule has 0 radical (unpaired) electrons. The number of thiazole rings is 1. The number of nitrogens with one attached hydrogen (secondary N) is 3. The van der Waals surface area contributed by atoms with Crippen molar-refractivity contribution < 1.29 is 14.0 Å². The SMILES string of the molecule is CC(C)(NC(=O)c1ccc(F)cc1)C(=O)Nc1nc(C2=CCCC=C2)c(CNCC2CC2)s1. The van der Waals surface area contributed by atoms with E-state index in [4.69, 9.17) is 4.98 Å². The molecule has 1 aromatic carbocycles. The minimum atomic E-state index is -1.19. The third-order valence-electron chi connectivity index (χ3n) is 5.70. The number of benzene rings is 1. The van der Waals surface area contributed by atoms with Crippen LogP contribution in [-0.4, -0.2) is 28.9 Å². The molecule has 0 saturated heterocycles. The summed E-state index contributed by atoms with van der Waals surface area (Å²) in [5.74, 6) is -0.463. The van der Waals surface area contributed by atoms with Crippen molar-refractivity contribution in [2.75, 3.05) is 11.9 Å². The van der Waals surface area contributed by atoms with Gasteiger partial charge in [-0.1, -0.05) is 29.6 Å². The van der Waals surface area contributed by atoms with Crippen LogP contribution in [0.25, 0.3) is 5.57 Å². The lowest BCUT2D eigenvalue weighted by Crippen LogP contribution is -2.52. The number of carbonyl (C=O) groups excluding carboxylic acids is 2. The van der Waals surface area contributed by atoms with Crippen LogP contribution in [0.2, 0.25) is 0 Å². The summed E-state index contributed by atoms with van der Waals surface area (Å²) < 4.78 is 13.1. The van der Waals surface area contributed by atoms with E-state index >= 15 is 0 Å². The highest BCUT2D eigenvalue weighted by molar-refractivity contribution is 7.16. The third kappa shape index (κ3) is 6.15. The summed E-state index contributed by atoms with van der Waals surface area (Å²) in [6, 6.07) is 5.20. The van der Waals surface area contributed by atoms with Crippen molar-refractivity contribution in [1.82, 2.24) is 15.6 Å². The van der Waals surface area contributed by atoms with Gasteiger partial charge in [-0.15, -0.1) is 0 Å². The van der Waals surface area contributed by atoms with Gasteiger partial charge in [-0.05, 0) is 81.8 Å². The average molecular weight is 469 g/mol. The molecule has 33 heavy (non-hydrogen) atoms. The predicted octanol–water partition coefficient (Wildman–Crippen LogP) is 4.66. The topological polar surface area (TPSA) is 83.1 Å². The molecule has 1 fully saturated rings. The van der Waals surface area contributed by atoms with Crippen LogP contribution in [0, 0.1) is 11.7 Å². The van der Waals surface area contributed by atoms with Crippen LogP contribution in [0.1, 0.15) is 60.5 Å². The molecule has 2 aliphatic rings. The molecule has 0 spiro atoms. The van der Waals surface area contributed by atoms with Gasteiger partial charge >= 0.3 is 0 Å². The molecule has 2 aliphatic carbocycles. The highest BCUT2D eigenvalue weighted by atomic mass is 32.1. The van der Waals surface area contributed by atoms with Gasteiger partial charge in [0, 0.05) is 17.0 Å². The van der Waals surface area contributed by atoms with E-state index in [1.54, 1.807) is 13.8 Å². The van der Waals surface area contributed by atoms with Crippen LogP contribution in [0.5, 0.6) is 0 Å². The van der Waals surface area contributed by atoms with Crippen molar-refractivity contribution in [3.8, 4) is 0 Å². The summed E-state index contributed by atoms with van der Waals surface area (Å²) in [4.78, 5) is 31.3. The Morgan fingerprint density at radius 2 is 1.94 bits per heavy atom. The van der Waals surface area contributed by atoms with Crippen molar-refractivity contribution in [2.45, 2.75) is 51.6 Å². The van der Waals surface area contributed by atoms with Gasteiger partial charge in [-0.3, -0.25) is 14.9 Å². The van der Waals surface area contributed by atoms with Gasteiger partial charge in [0.1, 0.15) is 11.4 Å². The maximum Gasteiger partial charge on any atom is 0.252 e. The van der Waals surface area contributed by atoms with Crippen LogP contribution in [0.4, 0.5) is 9.52 Å². The lowest BCUT2D eigenvalue weighted by atomic mass is 10.0. The normalized spacial score (nSPS) is 15.8. The number of hydrogen-bond donors (Lipinski definition) is 3. The van der Waals surface area contributed by atoms with Gasteiger partial charge in [0.25, 0.3) is 11.8 Å². The van der Waals surface area contributed by atoms with Gasteiger partial charge in [0.15, 0.2) is 5.13 Å². The number of aromatic nitrogens is 1. The van der Waals surface area contributed by atoms with Gasteiger partial charge in [0.05, 0.1) is 5.69 Å². The van der Waals surface area contributed by atoms with Crippen molar-refractivity contribution in [3.05, 3.63) is 64.4 Å². The number of rotatable bonds is 9. The molecular weight excluding hydrogens is 439 g/mol.